The Morgan fingerprint density at radius 3 is 2.94 bits per heavy atom. The third-order valence-corrected chi connectivity index (χ3v) is 3.97. The number of nitrogens with two attached hydrogens (primary N) is 1. The molecule has 0 bridgehead atoms. The number of hydrogen-bond acceptors (Lipinski definition) is 2. The van der Waals surface area contributed by atoms with E-state index in [4.69, 9.17) is 5.73 Å². The van der Waals surface area contributed by atoms with Crippen LogP contribution in [0.2, 0.25) is 0 Å². The Balaban J connectivity index is 2.05. The fraction of sp³-hybridized carbons (Fsp3) is 0.769. The van der Waals surface area contributed by atoms with Crippen molar-refractivity contribution in [1.29, 1.82) is 0 Å². The lowest BCUT2D eigenvalue weighted by Crippen LogP contribution is -2.32. The maximum Gasteiger partial charge on any atom is 0.0948 e. The summed E-state index contributed by atoms with van der Waals surface area (Å²) in [6.07, 6.45) is 12.5. The molecular weight excluding hydrogens is 198 g/mol. The van der Waals surface area contributed by atoms with Gasteiger partial charge in [-0.25, -0.2) is 4.98 Å². The summed E-state index contributed by atoms with van der Waals surface area (Å²) >= 11 is 0. The molecule has 1 aromatic rings. The number of nitrogens with zero attached hydrogens (tertiary/aromatic N) is 2. The Hall–Kier alpha value is -0.830. The quantitative estimate of drug-likeness (QED) is 0.849. The third kappa shape index (κ3) is 2.46. The maximum atomic E-state index is 5.89. The van der Waals surface area contributed by atoms with E-state index in [1.54, 1.807) is 0 Å². The van der Waals surface area contributed by atoms with E-state index < -0.39 is 0 Å². The summed E-state index contributed by atoms with van der Waals surface area (Å²) < 4.78 is 2.26. The molecule has 0 amide bonds. The molecule has 90 valence electrons. The van der Waals surface area contributed by atoms with E-state index >= 15 is 0 Å². The van der Waals surface area contributed by atoms with Gasteiger partial charge in [-0.05, 0) is 37.6 Å². The van der Waals surface area contributed by atoms with Crippen molar-refractivity contribution in [3.05, 3.63) is 18.7 Å². The van der Waals surface area contributed by atoms with Crippen LogP contribution in [0.3, 0.4) is 0 Å². The third-order valence-electron chi connectivity index (χ3n) is 3.97. The summed E-state index contributed by atoms with van der Waals surface area (Å²) in [6.45, 7) is 3.09. The van der Waals surface area contributed by atoms with E-state index in [0.717, 1.165) is 12.5 Å². The fourth-order valence-corrected chi connectivity index (χ4v) is 3.07. The van der Waals surface area contributed by atoms with Gasteiger partial charge in [-0.3, -0.25) is 0 Å². The molecule has 0 radical (unpaired) electrons. The monoisotopic (exact) mass is 221 g/mol. The number of imidazole rings is 1. The molecule has 0 aliphatic heterocycles. The molecule has 3 unspecified atom stereocenters. The largest absolute Gasteiger partial charge is 0.334 e. The van der Waals surface area contributed by atoms with Gasteiger partial charge >= 0.3 is 0 Å². The maximum absolute atomic E-state index is 5.89. The molecule has 0 spiro atoms. The first-order chi connectivity index (χ1) is 7.85. The molecule has 1 aliphatic rings. The van der Waals surface area contributed by atoms with Crippen molar-refractivity contribution in [1.82, 2.24) is 9.55 Å². The fourth-order valence-electron chi connectivity index (χ4n) is 3.07. The van der Waals surface area contributed by atoms with Gasteiger partial charge in [0.05, 0.1) is 6.33 Å². The summed E-state index contributed by atoms with van der Waals surface area (Å²) in [7, 11) is 0. The second-order valence-electron chi connectivity index (χ2n) is 5.04. The second kappa shape index (κ2) is 5.48. The van der Waals surface area contributed by atoms with Gasteiger partial charge in [0.25, 0.3) is 0 Å². The first kappa shape index (κ1) is 11.6. The van der Waals surface area contributed by atoms with Crippen molar-refractivity contribution in [2.24, 2.45) is 17.6 Å². The summed E-state index contributed by atoms with van der Waals surface area (Å²) in [5, 5.41) is 0. The summed E-state index contributed by atoms with van der Waals surface area (Å²) in [6, 6.07) is 0.581. The lowest BCUT2D eigenvalue weighted by Gasteiger charge is -2.36. The van der Waals surface area contributed by atoms with E-state index in [9.17, 15) is 0 Å². The molecule has 3 nitrogen and oxygen atoms in total. The van der Waals surface area contributed by atoms with Gasteiger partial charge in [0, 0.05) is 18.4 Å². The molecule has 1 saturated carbocycles. The van der Waals surface area contributed by atoms with E-state index in [1.807, 2.05) is 12.5 Å². The average Bonchev–Trinajstić information content (AvgIpc) is 2.83. The van der Waals surface area contributed by atoms with Crippen LogP contribution < -0.4 is 5.73 Å². The minimum atomic E-state index is 0.581. The summed E-state index contributed by atoms with van der Waals surface area (Å²) in [5.41, 5.74) is 5.89. The first-order valence-corrected chi connectivity index (χ1v) is 6.52. The zero-order chi connectivity index (χ0) is 11.4. The SMILES string of the molecule is CCCC1CCC(CN)C(n2ccnc2)C1. The van der Waals surface area contributed by atoms with Crippen molar-refractivity contribution in [2.45, 2.75) is 45.1 Å². The van der Waals surface area contributed by atoms with Gasteiger partial charge in [0.2, 0.25) is 0 Å². The van der Waals surface area contributed by atoms with Crippen LogP contribution in [0, 0.1) is 11.8 Å². The minimum Gasteiger partial charge on any atom is -0.334 e. The molecule has 0 saturated heterocycles. The van der Waals surface area contributed by atoms with Gasteiger partial charge in [-0.2, -0.15) is 0 Å². The van der Waals surface area contributed by atoms with Gasteiger partial charge in [-0.1, -0.05) is 19.8 Å². The highest BCUT2D eigenvalue weighted by molar-refractivity contribution is 4.89. The number of hydrogen-bond donors (Lipinski definition) is 1. The number of aromatic nitrogens is 2. The van der Waals surface area contributed by atoms with Crippen LogP contribution in [-0.2, 0) is 0 Å². The van der Waals surface area contributed by atoms with Crippen LogP contribution in [0.4, 0.5) is 0 Å². The minimum absolute atomic E-state index is 0.581. The van der Waals surface area contributed by atoms with Gasteiger partial charge in [-0.15, -0.1) is 0 Å². The molecule has 2 rings (SSSR count). The van der Waals surface area contributed by atoms with E-state index in [2.05, 4.69) is 22.7 Å². The molecule has 0 aromatic carbocycles. The first-order valence-electron chi connectivity index (χ1n) is 6.52. The Kier molecular flexibility index (Phi) is 3.99. The highest BCUT2D eigenvalue weighted by atomic mass is 15.1. The zero-order valence-electron chi connectivity index (χ0n) is 10.2. The Labute approximate surface area is 98.1 Å². The molecule has 1 aromatic heterocycles. The molecule has 1 fully saturated rings. The second-order valence-corrected chi connectivity index (χ2v) is 5.04. The highest BCUT2D eigenvalue weighted by Gasteiger charge is 2.29. The summed E-state index contributed by atoms with van der Waals surface area (Å²) in [5.74, 6) is 1.53. The molecule has 1 aliphatic carbocycles. The molecule has 3 heteroatoms. The topological polar surface area (TPSA) is 43.8 Å². The normalized spacial score (nSPS) is 30.5. The van der Waals surface area contributed by atoms with E-state index in [0.29, 0.717) is 12.0 Å². The Morgan fingerprint density at radius 1 is 1.44 bits per heavy atom. The summed E-state index contributed by atoms with van der Waals surface area (Å²) in [4.78, 5) is 4.16. The standard InChI is InChI=1S/C13H23N3/c1-2-3-11-4-5-12(9-14)13(8-11)16-7-6-15-10-16/h6-7,10-13H,2-5,8-9,14H2,1H3. The van der Waals surface area contributed by atoms with Crippen LogP contribution in [0.15, 0.2) is 18.7 Å². The highest BCUT2D eigenvalue weighted by Crippen LogP contribution is 2.38. The predicted octanol–water partition coefficient (Wildman–Crippen LogP) is 2.60. The molecule has 2 N–H and O–H groups in total. The average molecular weight is 221 g/mol. The van der Waals surface area contributed by atoms with Gasteiger partial charge < -0.3 is 10.3 Å². The smallest absolute Gasteiger partial charge is 0.0948 e. The van der Waals surface area contributed by atoms with E-state index in [1.165, 1.54) is 32.1 Å². The molecule has 3 atom stereocenters. The van der Waals surface area contributed by atoms with E-state index in [-0.39, 0.29) is 0 Å². The molecule has 16 heavy (non-hydrogen) atoms. The number of rotatable bonds is 4. The van der Waals surface area contributed by atoms with Crippen molar-refractivity contribution in [3.8, 4) is 0 Å². The Morgan fingerprint density at radius 2 is 2.31 bits per heavy atom. The van der Waals surface area contributed by atoms with Crippen LogP contribution in [-0.4, -0.2) is 16.1 Å². The predicted molar refractivity (Wildman–Crippen MR) is 66.1 cm³/mol. The van der Waals surface area contributed by atoms with Gasteiger partial charge in [0.15, 0.2) is 0 Å². The van der Waals surface area contributed by atoms with Crippen molar-refractivity contribution in [3.63, 3.8) is 0 Å². The lowest BCUT2D eigenvalue weighted by molar-refractivity contribution is 0.180. The molecular formula is C13H23N3. The zero-order valence-corrected chi connectivity index (χ0v) is 10.2. The van der Waals surface area contributed by atoms with Crippen LogP contribution in [0.1, 0.15) is 45.1 Å². The van der Waals surface area contributed by atoms with Crippen molar-refractivity contribution < 1.29 is 0 Å². The van der Waals surface area contributed by atoms with Crippen LogP contribution >= 0.6 is 0 Å². The van der Waals surface area contributed by atoms with Crippen LogP contribution in [0.5, 0.6) is 0 Å². The molecule has 1 heterocycles. The van der Waals surface area contributed by atoms with Crippen LogP contribution in [0.25, 0.3) is 0 Å². The van der Waals surface area contributed by atoms with Crippen molar-refractivity contribution >= 4 is 0 Å². The Bertz CT molecular complexity index is 294. The van der Waals surface area contributed by atoms with Crippen molar-refractivity contribution in [2.75, 3.05) is 6.54 Å². The lowest BCUT2D eigenvalue weighted by atomic mass is 9.76. The van der Waals surface area contributed by atoms with Gasteiger partial charge in [0.1, 0.15) is 0 Å².